The normalized spacial score (nSPS) is 11.3. The zero-order chi connectivity index (χ0) is 15.7. The fourth-order valence-electron chi connectivity index (χ4n) is 1.65. The molecule has 0 unspecified atom stereocenters. The summed E-state index contributed by atoms with van der Waals surface area (Å²) in [5.41, 5.74) is 0.994. The highest BCUT2D eigenvalue weighted by Crippen LogP contribution is 2.09. The highest BCUT2D eigenvalue weighted by Gasteiger charge is 2.12. The average Bonchev–Trinajstić information content (AvgIpc) is 2.44. The van der Waals surface area contributed by atoms with Gasteiger partial charge in [0.2, 0.25) is 15.9 Å². The maximum absolute atomic E-state index is 12.0. The standard InChI is InChI=1S/C14H22N2O4S/c1-12-5-7-13(8-6-12)21(19,20)16-10-2-4-14(18)15-9-3-11-17/h5-8,16-17H,2-4,9-11H2,1H3,(H,15,18). The second-order valence-electron chi connectivity index (χ2n) is 4.74. The highest BCUT2D eigenvalue weighted by atomic mass is 32.2. The molecule has 6 nitrogen and oxygen atoms in total. The van der Waals surface area contributed by atoms with Crippen LogP contribution in [0.4, 0.5) is 0 Å². The second kappa shape index (κ2) is 8.76. The predicted molar refractivity (Wildman–Crippen MR) is 80.3 cm³/mol. The minimum atomic E-state index is -3.51. The van der Waals surface area contributed by atoms with E-state index in [0.29, 0.717) is 19.4 Å². The molecule has 7 heteroatoms. The average molecular weight is 314 g/mol. The van der Waals surface area contributed by atoms with Crippen molar-refractivity contribution >= 4 is 15.9 Å². The van der Waals surface area contributed by atoms with Gasteiger partial charge in [-0.2, -0.15) is 0 Å². The van der Waals surface area contributed by atoms with Gasteiger partial charge < -0.3 is 10.4 Å². The van der Waals surface area contributed by atoms with Crippen LogP contribution in [0.2, 0.25) is 0 Å². The lowest BCUT2D eigenvalue weighted by atomic mass is 10.2. The topological polar surface area (TPSA) is 95.5 Å². The molecule has 0 heterocycles. The smallest absolute Gasteiger partial charge is 0.240 e. The van der Waals surface area contributed by atoms with Crippen LogP contribution >= 0.6 is 0 Å². The van der Waals surface area contributed by atoms with Crippen LogP contribution in [0.5, 0.6) is 0 Å². The minimum Gasteiger partial charge on any atom is -0.396 e. The van der Waals surface area contributed by atoms with Gasteiger partial charge >= 0.3 is 0 Å². The van der Waals surface area contributed by atoms with E-state index in [4.69, 9.17) is 5.11 Å². The van der Waals surface area contributed by atoms with Gasteiger partial charge in [-0.25, -0.2) is 13.1 Å². The molecular weight excluding hydrogens is 292 g/mol. The number of aliphatic hydroxyl groups is 1. The molecule has 0 radical (unpaired) electrons. The summed E-state index contributed by atoms with van der Waals surface area (Å²) in [6.07, 6.45) is 1.20. The van der Waals surface area contributed by atoms with E-state index in [-0.39, 0.29) is 30.4 Å². The molecule has 0 aliphatic heterocycles. The van der Waals surface area contributed by atoms with E-state index in [9.17, 15) is 13.2 Å². The molecule has 0 atom stereocenters. The third-order valence-electron chi connectivity index (χ3n) is 2.86. The number of hydrogen-bond donors (Lipinski definition) is 3. The molecule has 0 fully saturated rings. The van der Waals surface area contributed by atoms with Crippen LogP contribution in [0.15, 0.2) is 29.2 Å². The second-order valence-corrected chi connectivity index (χ2v) is 6.51. The summed E-state index contributed by atoms with van der Waals surface area (Å²) in [6, 6.07) is 6.59. The van der Waals surface area contributed by atoms with Crippen molar-refractivity contribution in [2.24, 2.45) is 0 Å². The van der Waals surface area contributed by atoms with Gasteiger partial charge in [0.15, 0.2) is 0 Å². The summed E-state index contributed by atoms with van der Waals surface area (Å²) in [5, 5.41) is 11.2. The van der Waals surface area contributed by atoms with Crippen molar-refractivity contribution in [1.82, 2.24) is 10.0 Å². The summed E-state index contributed by atoms with van der Waals surface area (Å²) < 4.78 is 26.4. The SMILES string of the molecule is Cc1ccc(S(=O)(=O)NCCCC(=O)NCCCO)cc1. The molecule has 0 saturated carbocycles. The highest BCUT2D eigenvalue weighted by molar-refractivity contribution is 7.89. The third kappa shape index (κ3) is 6.70. The lowest BCUT2D eigenvalue weighted by Crippen LogP contribution is -2.28. The summed E-state index contributed by atoms with van der Waals surface area (Å²) in [5.74, 6) is -0.141. The molecule has 21 heavy (non-hydrogen) atoms. The van der Waals surface area contributed by atoms with Crippen LogP contribution in [0.1, 0.15) is 24.8 Å². The first-order chi connectivity index (χ1) is 9.95. The number of aliphatic hydroxyl groups excluding tert-OH is 1. The third-order valence-corrected chi connectivity index (χ3v) is 4.34. The predicted octanol–water partition coefficient (Wildman–Crippen LogP) is 0.552. The molecule has 1 rings (SSSR count). The zero-order valence-corrected chi connectivity index (χ0v) is 12.9. The summed E-state index contributed by atoms with van der Waals surface area (Å²) in [4.78, 5) is 11.6. The van der Waals surface area contributed by atoms with Crippen molar-refractivity contribution in [3.05, 3.63) is 29.8 Å². The monoisotopic (exact) mass is 314 g/mol. The Morgan fingerprint density at radius 3 is 2.43 bits per heavy atom. The van der Waals surface area contributed by atoms with Crippen molar-refractivity contribution in [3.8, 4) is 0 Å². The van der Waals surface area contributed by atoms with E-state index >= 15 is 0 Å². The molecule has 1 amide bonds. The fraction of sp³-hybridized carbons (Fsp3) is 0.500. The molecule has 0 bridgehead atoms. The van der Waals surface area contributed by atoms with Gasteiger partial charge in [0.1, 0.15) is 0 Å². The number of nitrogens with one attached hydrogen (secondary N) is 2. The van der Waals surface area contributed by atoms with Gasteiger partial charge in [0, 0.05) is 26.1 Å². The Morgan fingerprint density at radius 2 is 1.81 bits per heavy atom. The Kier molecular flexibility index (Phi) is 7.35. The van der Waals surface area contributed by atoms with Gasteiger partial charge in [-0.15, -0.1) is 0 Å². The number of aryl methyl sites for hydroxylation is 1. The van der Waals surface area contributed by atoms with Crippen LogP contribution in [0, 0.1) is 6.92 Å². The first kappa shape index (κ1) is 17.6. The molecular formula is C14H22N2O4S. The number of carbonyl (C=O) groups is 1. The van der Waals surface area contributed by atoms with Crippen molar-refractivity contribution in [3.63, 3.8) is 0 Å². The molecule has 0 aromatic heterocycles. The number of hydrogen-bond acceptors (Lipinski definition) is 4. The zero-order valence-electron chi connectivity index (χ0n) is 12.1. The van der Waals surface area contributed by atoms with E-state index in [1.165, 1.54) is 0 Å². The Labute approximate surface area is 125 Å². The number of rotatable bonds is 9. The number of sulfonamides is 1. The maximum Gasteiger partial charge on any atom is 0.240 e. The molecule has 0 saturated heterocycles. The number of benzene rings is 1. The van der Waals surface area contributed by atoms with Crippen LogP contribution in [0.25, 0.3) is 0 Å². The Hall–Kier alpha value is -1.44. The maximum atomic E-state index is 12.0. The lowest BCUT2D eigenvalue weighted by Gasteiger charge is -2.07. The molecule has 1 aromatic rings. The Bertz CT molecular complexity index is 541. The summed E-state index contributed by atoms with van der Waals surface area (Å²) >= 11 is 0. The molecule has 0 spiro atoms. The number of amides is 1. The van der Waals surface area contributed by atoms with E-state index in [1.807, 2.05) is 6.92 Å². The first-order valence-electron chi connectivity index (χ1n) is 6.89. The number of carbonyl (C=O) groups excluding carboxylic acids is 1. The largest absolute Gasteiger partial charge is 0.396 e. The summed E-state index contributed by atoms with van der Waals surface area (Å²) in [6.45, 7) is 2.57. The Balaban J connectivity index is 2.31. The molecule has 0 aliphatic carbocycles. The van der Waals surface area contributed by atoms with Crippen LogP contribution < -0.4 is 10.0 Å². The molecule has 0 aliphatic rings. The van der Waals surface area contributed by atoms with Crippen molar-refractivity contribution in [2.45, 2.75) is 31.1 Å². The van der Waals surface area contributed by atoms with Crippen LogP contribution in [-0.4, -0.2) is 39.1 Å². The molecule has 3 N–H and O–H groups in total. The van der Waals surface area contributed by atoms with Gasteiger partial charge in [0.25, 0.3) is 0 Å². The molecule has 1 aromatic carbocycles. The van der Waals surface area contributed by atoms with Gasteiger partial charge in [0.05, 0.1) is 4.90 Å². The van der Waals surface area contributed by atoms with Crippen molar-refractivity contribution < 1.29 is 18.3 Å². The lowest BCUT2D eigenvalue weighted by molar-refractivity contribution is -0.121. The van der Waals surface area contributed by atoms with Gasteiger partial charge in [-0.3, -0.25) is 4.79 Å². The van der Waals surface area contributed by atoms with Gasteiger partial charge in [-0.05, 0) is 31.9 Å². The quantitative estimate of drug-likeness (QED) is 0.580. The van der Waals surface area contributed by atoms with E-state index in [2.05, 4.69) is 10.0 Å². The van der Waals surface area contributed by atoms with E-state index in [0.717, 1.165) is 5.56 Å². The Morgan fingerprint density at radius 1 is 1.14 bits per heavy atom. The van der Waals surface area contributed by atoms with Crippen molar-refractivity contribution in [2.75, 3.05) is 19.7 Å². The van der Waals surface area contributed by atoms with Gasteiger partial charge in [-0.1, -0.05) is 17.7 Å². The van der Waals surface area contributed by atoms with Crippen LogP contribution in [-0.2, 0) is 14.8 Å². The first-order valence-corrected chi connectivity index (χ1v) is 8.38. The van der Waals surface area contributed by atoms with Crippen LogP contribution in [0.3, 0.4) is 0 Å². The minimum absolute atomic E-state index is 0.0383. The summed E-state index contributed by atoms with van der Waals surface area (Å²) in [7, 11) is -3.51. The van der Waals surface area contributed by atoms with E-state index < -0.39 is 10.0 Å². The van der Waals surface area contributed by atoms with E-state index in [1.54, 1.807) is 24.3 Å². The fourth-order valence-corrected chi connectivity index (χ4v) is 2.73. The molecule has 118 valence electrons. The van der Waals surface area contributed by atoms with Crippen molar-refractivity contribution in [1.29, 1.82) is 0 Å².